The molecule has 1 rings (SSSR count). The Kier molecular flexibility index (Phi) is 7.26. The number of benzene rings is 1. The van der Waals surface area contributed by atoms with Crippen LogP contribution in [0.15, 0.2) is 23.1 Å². The van der Waals surface area contributed by atoms with Crippen molar-refractivity contribution in [3.63, 3.8) is 0 Å². The second kappa shape index (κ2) is 8.10. The van der Waals surface area contributed by atoms with Crippen LogP contribution < -0.4 is 0 Å². The van der Waals surface area contributed by atoms with Gasteiger partial charge in [0.2, 0.25) is 0 Å². The van der Waals surface area contributed by atoms with Gasteiger partial charge in [0.15, 0.2) is 6.35 Å². The van der Waals surface area contributed by atoms with Crippen molar-refractivity contribution in [1.82, 2.24) is 0 Å². The van der Waals surface area contributed by atoms with Crippen LogP contribution in [-0.4, -0.2) is 26.3 Å². The third-order valence-electron chi connectivity index (χ3n) is 2.85. The molecular formula is C14H22ClO6PS. The Bertz CT molecular complexity index is 687. The number of hydrogen-bond donors (Lipinski definition) is 1. The molecule has 1 aromatic rings. The van der Waals surface area contributed by atoms with Gasteiger partial charge in [0.1, 0.15) is 4.90 Å². The van der Waals surface area contributed by atoms with E-state index < -0.39 is 24.1 Å². The van der Waals surface area contributed by atoms with Gasteiger partial charge in [-0.25, -0.2) is 0 Å². The van der Waals surface area contributed by atoms with Crippen molar-refractivity contribution in [2.45, 2.75) is 38.5 Å². The molecule has 132 valence electrons. The van der Waals surface area contributed by atoms with Gasteiger partial charge in [-0.2, -0.15) is 8.42 Å². The van der Waals surface area contributed by atoms with Gasteiger partial charge in [-0.3, -0.25) is 8.75 Å². The summed E-state index contributed by atoms with van der Waals surface area (Å²) in [6.45, 7) is 7.26. The van der Waals surface area contributed by atoms with E-state index in [-0.39, 0.29) is 28.4 Å². The first kappa shape index (κ1) is 20.6. The molecule has 1 unspecified atom stereocenters. The first-order chi connectivity index (χ1) is 10.5. The summed E-state index contributed by atoms with van der Waals surface area (Å²) in [5, 5.41) is 0.00655. The number of hydrogen-bond acceptors (Lipinski definition) is 5. The Morgan fingerprint density at radius 2 is 1.87 bits per heavy atom. The Labute approximate surface area is 142 Å². The minimum absolute atomic E-state index is 0.00655. The van der Waals surface area contributed by atoms with Crippen molar-refractivity contribution in [3.05, 3.63) is 28.8 Å². The van der Waals surface area contributed by atoms with Crippen LogP contribution in [0.25, 0.3) is 0 Å². The molecule has 0 heterocycles. The van der Waals surface area contributed by atoms with Crippen LogP contribution >= 0.6 is 19.2 Å². The zero-order chi connectivity index (χ0) is 17.8. The van der Waals surface area contributed by atoms with Gasteiger partial charge < -0.3 is 9.42 Å². The number of rotatable bonds is 8. The lowest BCUT2D eigenvalue weighted by Crippen LogP contribution is -2.13. The highest BCUT2D eigenvalue weighted by Crippen LogP contribution is 2.43. The molecule has 0 saturated carbocycles. The smallest absolute Gasteiger partial charge is 0.323 e. The lowest BCUT2D eigenvalue weighted by atomic mass is 10.0. The van der Waals surface area contributed by atoms with Crippen molar-refractivity contribution in [2.24, 2.45) is 5.92 Å². The van der Waals surface area contributed by atoms with Crippen LogP contribution in [-0.2, 0) is 23.4 Å². The minimum Gasteiger partial charge on any atom is -0.323 e. The summed E-state index contributed by atoms with van der Waals surface area (Å²) in [6, 6.07) is 4.69. The van der Waals surface area contributed by atoms with E-state index in [2.05, 4.69) is 0 Å². The Morgan fingerprint density at radius 1 is 1.26 bits per heavy atom. The molecule has 0 aromatic heterocycles. The van der Waals surface area contributed by atoms with Crippen LogP contribution in [0.3, 0.4) is 0 Å². The third-order valence-corrected chi connectivity index (χ3v) is 5.84. The zero-order valence-electron chi connectivity index (χ0n) is 13.5. The second-order valence-corrected chi connectivity index (χ2v) is 9.59. The Hall–Kier alpha value is -0.430. The van der Waals surface area contributed by atoms with E-state index in [1.54, 1.807) is 26.0 Å². The predicted octanol–water partition coefficient (Wildman–Crippen LogP) is 3.98. The van der Waals surface area contributed by atoms with Gasteiger partial charge in [-0.15, -0.1) is 0 Å². The first-order valence-electron chi connectivity index (χ1n) is 7.10. The highest BCUT2D eigenvalue weighted by molar-refractivity contribution is 7.87. The molecule has 0 bridgehead atoms. The monoisotopic (exact) mass is 384 g/mol. The van der Waals surface area contributed by atoms with Crippen LogP contribution in [0.5, 0.6) is 0 Å². The van der Waals surface area contributed by atoms with Crippen molar-refractivity contribution in [1.29, 1.82) is 0 Å². The average molecular weight is 385 g/mol. The Morgan fingerprint density at radius 3 is 2.39 bits per heavy atom. The maximum Gasteiger partial charge on any atom is 0.355 e. The lowest BCUT2D eigenvalue weighted by molar-refractivity contribution is 0.209. The summed E-state index contributed by atoms with van der Waals surface area (Å²) < 4.78 is 46.1. The summed E-state index contributed by atoms with van der Waals surface area (Å²) in [4.78, 5) is 9.45. The van der Waals surface area contributed by atoms with Crippen molar-refractivity contribution < 1.29 is 26.6 Å². The molecule has 1 N–H and O–H groups in total. The largest absolute Gasteiger partial charge is 0.355 e. The molecule has 23 heavy (non-hydrogen) atoms. The third kappa shape index (κ3) is 6.18. The molecule has 0 aliphatic rings. The maximum absolute atomic E-state index is 12.4. The SMILES string of the molecule is CC(C)COP(=O)(O)COS(=O)(=O)c1c(Cl)cccc1C(C)C. The van der Waals surface area contributed by atoms with E-state index in [1.807, 2.05) is 13.8 Å². The zero-order valence-corrected chi connectivity index (χ0v) is 16.0. The lowest BCUT2D eigenvalue weighted by Gasteiger charge is -2.17. The molecule has 0 fully saturated rings. The van der Waals surface area contributed by atoms with Crippen molar-refractivity contribution in [2.75, 3.05) is 13.0 Å². The number of halogens is 1. The van der Waals surface area contributed by atoms with Gasteiger partial charge in [0, 0.05) is 0 Å². The standard InChI is InChI=1S/C14H22ClO6PS/c1-10(2)8-20-22(16,17)9-21-23(18,19)14-12(11(3)4)6-5-7-13(14)15/h5-7,10-11H,8-9H2,1-4H3,(H,16,17). The molecule has 0 amide bonds. The Balaban J connectivity index is 2.99. The molecule has 1 atom stereocenters. The summed E-state index contributed by atoms with van der Waals surface area (Å²) in [5.41, 5.74) is 0.480. The fraction of sp³-hybridized carbons (Fsp3) is 0.571. The summed E-state index contributed by atoms with van der Waals surface area (Å²) in [7, 11) is -8.44. The van der Waals surface area contributed by atoms with Gasteiger partial charge in [0.25, 0.3) is 10.1 Å². The van der Waals surface area contributed by atoms with Crippen LogP contribution in [0.1, 0.15) is 39.2 Å². The van der Waals surface area contributed by atoms with Gasteiger partial charge >= 0.3 is 7.60 Å². The summed E-state index contributed by atoms with van der Waals surface area (Å²) >= 11 is 5.99. The minimum atomic E-state index is -4.28. The molecule has 0 aliphatic carbocycles. The highest BCUT2D eigenvalue weighted by atomic mass is 35.5. The predicted molar refractivity (Wildman–Crippen MR) is 89.3 cm³/mol. The molecule has 0 aliphatic heterocycles. The van der Waals surface area contributed by atoms with Gasteiger partial charge in [-0.05, 0) is 23.5 Å². The van der Waals surface area contributed by atoms with Gasteiger partial charge in [-0.1, -0.05) is 51.4 Å². The molecule has 9 heteroatoms. The molecule has 0 radical (unpaired) electrons. The molecule has 0 saturated heterocycles. The average Bonchev–Trinajstić information content (AvgIpc) is 2.43. The van der Waals surface area contributed by atoms with Crippen LogP contribution in [0, 0.1) is 5.92 Å². The maximum atomic E-state index is 12.4. The van der Waals surface area contributed by atoms with E-state index in [1.165, 1.54) is 6.07 Å². The van der Waals surface area contributed by atoms with E-state index in [0.29, 0.717) is 5.56 Å². The molecule has 0 spiro atoms. The quantitative estimate of drug-likeness (QED) is 0.538. The van der Waals surface area contributed by atoms with E-state index in [0.717, 1.165) is 0 Å². The van der Waals surface area contributed by atoms with Crippen LogP contribution in [0.2, 0.25) is 5.02 Å². The second-order valence-electron chi connectivity index (χ2n) is 5.84. The summed E-state index contributed by atoms with van der Waals surface area (Å²) in [5.74, 6) is -0.0802. The summed E-state index contributed by atoms with van der Waals surface area (Å²) in [6.07, 6.45) is -0.954. The van der Waals surface area contributed by atoms with E-state index in [4.69, 9.17) is 20.3 Å². The fourth-order valence-electron chi connectivity index (χ4n) is 1.74. The van der Waals surface area contributed by atoms with Gasteiger partial charge in [0.05, 0.1) is 11.6 Å². The topological polar surface area (TPSA) is 89.9 Å². The van der Waals surface area contributed by atoms with E-state index in [9.17, 15) is 17.9 Å². The normalized spacial score (nSPS) is 15.1. The highest BCUT2D eigenvalue weighted by Gasteiger charge is 2.29. The molecule has 1 aromatic carbocycles. The van der Waals surface area contributed by atoms with Crippen LogP contribution in [0.4, 0.5) is 0 Å². The fourth-order valence-corrected chi connectivity index (χ4v) is 4.92. The molecular weight excluding hydrogens is 363 g/mol. The molecule has 6 nitrogen and oxygen atoms in total. The van der Waals surface area contributed by atoms with Crippen molar-refractivity contribution >= 4 is 29.3 Å². The first-order valence-corrected chi connectivity index (χ1v) is 10.7. The van der Waals surface area contributed by atoms with E-state index >= 15 is 0 Å². The van der Waals surface area contributed by atoms with Crippen molar-refractivity contribution in [3.8, 4) is 0 Å².